The zero-order chi connectivity index (χ0) is 25.9. The molecule has 2 amide bonds. The van der Waals surface area contributed by atoms with Gasteiger partial charge in [-0.1, -0.05) is 90.8 Å². The Labute approximate surface area is 224 Å². The molecular weight excluding hydrogens is 488 g/mol. The Morgan fingerprint density at radius 2 is 1.64 bits per heavy atom. The summed E-state index contributed by atoms with van der Waals surface area (Å²) < 4.78 is 0. The van der Waals surface area contributed by atoms with E-state index >= 15 is 0 Å². The Kier molecular flexibility index (Phi) is 10.9. The predicted molar refractivity (Wildman–Crippen MR) is 151 cm³/mol. The van der Waals surface area contributed by atoms with E-state index in [0.29, 0.717) is 23.7 Å². The highest BCUT2D eigenvalue weighted by Crippen LogP contribution is 2.20. The third kappa shape index (κ3) is 8.72. The van der Waals surface area contributed by atoms with Gasteiger partial charge in [-0.2, -0.15) is 0 Å². The van der Waals surface area contributed by atoms with Crippen LogP contribution in [0.5, 0.6) is 0 Å². The van der Waals surface area contributed by atoms with Crippen LogP contribution < -0.4 is 5.32 Å². The smallest absolute Gasteiger partial charge is 0.243 e. The van der Waals surface area contributed by atoms with Gasteiger partial charge in [-0.05, 0) is 49.1 Å². The molecular formula is C30H35ClN2O2S. The fourth-order valence-electron chi connectivity index (χ4n) is 3.97. The van der Waals surface area contributed by atoms with Crippen molar-refractivity contribution in [3.05, 3.63) is 106 Å². The molecule has 0 aliphatic heterocycles. The van der Waals surface area contributed by atoms with E-state index in [0.717, 1.165) is 28.7 Å². The molecule has 0 radical (unpaired) electrons. The second kappa shape index (κ2) is 14.1. The summed E-state index contributed by atoms with van der Waals surface area (Å²) in [6, 6.07) is 25.1. The number of nitrogens with one attached hydrogen (secondary N) is 1. The van der Waals surface area contributed by atoms with Crippen LogP contribution in [0.1, 0.15) is 42.5 Å². The number of hydrogen-bond acceptors (Lipinski definition) is 3. The normalized spacial score (nSPS) is 12.6. The molecule has 0 heterocycles. The quantitative estimate of drug-likeness (QED) is 0.298. The van der Waals surface area contributed by atoms with Crippen molar-refractivity contribution in [3.8, 4) is 0 Å². The minimum absolute atomic E-state index is 0.0314. The summed E-state index contributed by atoms with van der Waals surface area (Å²) in [4.78, 5) is 29.0. The first-order valence-corrected chi connectivity index (χ1v) is 13.9. The summed E-state index contributed by atoms with van der Waals surface area (Å²) >= 11 is 7.66. The van der Waals surface area contributed by atoms with Crippen molar-refractivity contribution in [2.45, 2.75) is 58.0 Å². The van der Waals surface area contributed by atoms with Crippen molar-refractivity contribution in [1.82, 2.24) is 10.2 Å². The Bertz CT molecular complexity index is 1140. The molecule has 4 nitrogen and oxygen atoms in total. The molecule has 1 N–H and O–H groups in total. The predicted octanol–water partition coefficient (Wildman–Crippen LogP) is 6.44. The lowest BCUT2D eigenvalue weighted by Crippen LogP contribution is -2.52. The maximum absolute atomic E-state index is 13.7. The second-order valence-corrected chi connectivity index (χ2v) is 10.6. The molecule has 2 atom stereocenters. The van der Waals surface area contributed by atoms with Gasteiger partial charge in [-0.3, -0.25) is 9.59 Å². The zero-order valence-electron chi connectivity index (χ0n) is 21.2. The molecule has 0 fully saturated rings. The molecule has 190 valence electrons. The van der Waals surface area contributed by atoms with Crippen LogP contribution in [-0.4, -0.2) is 34.6 Å². The van der Waals surface area contributed by atoms with Gasteiger partial charge >= 0.3 is 0 Å². The summed E-state index contributed by atoms with van der Waals surface area (Å²) in [6.45, 7) is 6.45. The van der Waals surface area contributed by atoms with Crippen LogP contribution in [0.15, 0.2) is 78.9 Å². The Hall–Kier alpha value is -2.76. The first-order chi connectivity index (χ1) is 17.4. The lowest BCUT2D eigenvalue weighted by atomic mass is 10.0. The van der Waals surface area contributed by atoms with E-state index in [-0.39, 0.29) is 23.6 Å². The van der Waals surface area contributed by atoms with Crippen LogP contribution >= 0.6 is 23.4 Å². The molecule has 0 aliphatic carbocycles. The summed E-state index contributed by atoms with van der Waals surface area (Å²) in [6.07, 6.45) is 1.28. The summed E-state index contributed by atoms with van der Waals surface area (Å²) in [5.74, 6) is 0.783. The number of amides is 2. The van der Waals surface area contributed by atoms with Gasteiger partial charge in [-0.25, -0.2) is 0 Å². The van der Waals surface area contributed by atoms with Gasteiger partial charge in [0.25, 0.3) is 0 Å². The number of halogens is 1. The number of thioether (sulfide) groups is 1. The highest BCUT2D eigenvalue weighted by Gasteiger charge is 2.30. The zero-order valence-corrected chi connectivity index (χ0v) is 22.8. The Morgan fingerprint density at radius 1 is 0.944 bits per heavy atom. The van der Waals surface area contributed by atoms with Crippen molar-refractivity contribution in [1.29, 1.82) is 0 Å². The van der Waals surface area contributed by atoms with Gasteiger partial charge in [0.2, 0.25) is 11.8 Å². The van der Waals surface area contributed by atoms with E-state index in [1.165, 1.54) is 11.8 Å². The molecule has 0 aromatic heterocycles. The monoisotopic (exact) mass is 522 g/mol. The molecule has 3 rings (SSSR count). The summed E-state index contributed by atoms with van der Waals surface area (Å²) in [5, 5.41) is 3.80. The van der Waals surface area contributed by atoms with Crippen molar-refractivity contribution >= 4 is 35.2 Å². The van der Waals surface area contributed by atoms with Crippen molar-refractivity contribution in [2.24, 2.45) is 0 Å². The number of aryl methyl sites for hydroxylation is 1. The number of rotatable bonds is 12. The van der Waals surface area contributed by atoms with Gasteiger partial charge in [0.05, 0.1) is 5.75 Å². The van der Waals surface area contributed by atoms with Crippen LogP contribution in [0, 0.1) is 6.92 Å². The molecule has 0 unspecified atom stereocenters. The standard InChI is InChI=1S/C30H35ClN2O2S/c1-4-23(3)32-30(35)28(18-24-11-6-5-7-12-24)33(19-25-13-8-10-22(2)16-25)29(34)21-36-20-26-14-9-15-27(31)17-26/h5-17,23,28H,4,18-21H2,1-3H3,(H,32,35)/t23-,28-/m1/s1. The molecule has 0 bridgehead atoms. The van der Waals surface area contributed by atoms with E-state index in [1.54, 1.807) is 4.90 Å². The number of benzene rings is 3. The second-order valence-electron chi connectivity index (χ2n) is 9.16. The minimum atomic E-state index is -0.610. The number of carbonyl (C=O) groups excluding carboxylic acids is 2. The molecule has 0 aliphatic rings. The van der Waals surface area contributed by atoms with Crippen LogP contribution in [0.25, 0.3) is 0 Å². The molecule has 0 saturated carbocycles. The van der Waals surface area contributed by atoms with Crippen LogP contribution in [0.3, 0.4) is 0 Å². The van der Waals surface area contributed by atoms with Crippen molar-refractivity contribution in [2.75, 3.05) is 5.75 Å². The fourth-order valence-corrected chi connectivity index (χ4v) is 5.04. The van der Waals surface area contributed by atoms with Gasteiger partial charge in [0, 0.05) is 29.8 Å². The first-order valence-electron chi connectivity index (χ1n) is 12.4. The number of hydrogen-bond donors (Lipinski definition) is 1. The van der Waals surface area contributed by atoms with Crippen LogP contribution in [0.4, 0.5) is 0 Å². The largest absolute Gasteiger partial charge is 0.352 e. The van der Waals surface area contributed by atoms with Crippen molar-refractivity contribution in [3.63, 3.8) is 0 Å². The van der Waals surface area contributed by atoms with E-state index in [1.807, 2.05) is 93.6 Å². The summed E-state index contributed by atoms with van der Waals surface area (Å²) in [7, 11) is 0. The Balaban J connectivity index is 1.85. The van der Waals surface area contributed by atoms with Gasteiger partial charge in [0.1, 0.15) is 6.04 Å². The molecule has 36 heavy (non-hydrogen) atoms. The number of nitrogens with zero attached hydrogens (tertiary/aromatic N) is 1. The molecule has 3 aromatic rings. The average molecular weight is 523 g/mol. The molecule has 0 saturated heterocycles. The lowest BCUT2D eigenvalue weighted by Gasteiger charge is -2.32. The topological polar surface area (TPSA) is 49.4 Å². The Morgan fingerprint density at radius 3 is 2.33 bits per heavy atom. The third-order valence-corrected chi connectivity index (χ3v) is 7.31. The van der Waals surface area contributed by atoms with E-state index < -0.39 is 6.04 Å². The SMILES string of the molecule is CC[C@@H](C)NC(=O)[C@@H](Cc1ccccc1)N(Cc1cccc(C)c1)C(=O)CSCc1cccc(Cl)c1. The summed E-state index contributed by atoms with van der Waals surface area (Å²) in [5.41, 5.74) is 4.23. The van der Waals surface area contributed by atoms with Gasteiger partial charge < -0.3 is 10.2 Å². The molecule has 3 aromatic carbocycles. The van der Waals surface area contributed by atoms with Crippen molar-refractivity contribution < 1.29 is 9.59 Å². The molecule has 6 heteroatoms. The van der Waals surface area contributed by atoms with Gasteiger partial charge in [-0.15, -0.1) is 11.8 Å². The average Bonchev–Trinajstić information content (AvgIpc) is 2.86. The molecule has 0 spiro atoms. The minimum Gasteiger partial charge on any atom is -0.352 e. The van der Waals surface area contributed by atoms with E-state index in [9.17, 15) is 9.59 Å². The van der Waals surface area contributed by atoms with E-state index in [2.05, 4.69) is 11.4 Å². The highest BCUT2D eigenvalue weighted by atomic mass is 35.5. The number of carbonyl (C=O) groups is 2. The first kappa shape index (κ1) is 27.8. The maximum Gasteiger partial charge on any atom is 0.243 e. The van der Waals surface area contributed by atoms with Crippen LogP contribution in [0.2, 0.25) is 5.02 Å². The van der Waals surface area contributed by atoms with Gasteiger partial charge in [0.15, 0.2) is 0 Å². The maximum atomic E-state index is 13.7. The third-order valence-electron chi connectivity index (χ3n) is 6.09. The van der Waals surface area contributed by atoms with E-state index in [4.69, 9.17) is 11.6 Å². The van der Waals surface area contributed by atoms with Crippen LogP contribution in [-0.2, 0) is 28.3 Å². The highest BCUT2D eigenvalue weighted by molar-refractivity contribution is 7.99. The lowest BCUT2D eigenvalue weighted by molar-refractivity contribution is -0.139. The fraction of sp³-hybridized carbons (Fsp3) is 0.333.